The Morgan fingerprint density at radius 3 is 0.874 bits per heavy atom. The number of carboxylic acid groups (broad SMARTS) is 1. The number of amides is 6. The molecule has 23 nitrogen and oxygen atoms in total. The number of hydrogen-bond acceptors (Lipinski definition) is 16. The average Bonchev–Trinajstić information content (AvgIpc) is 1.63. The molecule has 7 N–H and O–H groups in total. The van der Waals surface area contributed by atoms with Crippen molar-refractivity contribution in [2.24, 2.45) is 0 Å². The van der Waals surface area contributed by atoms with Gasteiger partial charge in [0.25, 0.3) is 35.4 Å². The summed E-state index contributed by atoms with van der Waals surface area (Å²) in [6, 6.07) is 23.7. The van der Waals surface area contributed by atoms with Crippen LogP contribution in [0.1, 0.15) is 234 Å². The number of rotatable bonds is 29. The summed E-state index contributed by atoms with van der Waals surface area (Å²) in [7, 11) is -3.62. The number of ketones is 1. The molecule has 6 aromatic carbocycles. The maximum Gasteiger partial charge on any atom is 0.494 e. The van der Waals surface area contributed by atoms with E-state index in [1.54, 1.807) is 12.1 Å². The zero-order valence-electron chi connectivity index (χ0n) is 65.5. The Hall–Kier alpha value is -9.06. The summed E-state index contributed by atoms with van der Waals surface area (Å²) in [4.78, 5) is 109. The number of carbonyl (C=O) groups excluding carboxylic acids is 7. The maximum atomic E-state index is 15.9. The molecule has 6 aromatic rings. The highest BCUT2D eigenvalue weighted by molar-refractivity contribution is 6.63. The number of nitrogens with one attached hydrogen (secondary N) is 6. The Kier molecular flexibility index (Phi) is 25.0. The van der Waals surface area contributed by atoms with Gasteiger partial charge in [-0.05, 0) is 253 Å². The van der Waals surface area contributed by atoms with E-state index in [0.717, 1.165) is 24.3 Å². The van der Waals surface area contributed by atoms with Gasteiger partial charge in [0.2, 0.25) is 0 Å². The second-order valence-electron chi connectivity index (χ2n) is 32.6. The minimum absolute atomic E-state index is 0.00709. The molecule has 111 heavy (non-hydrogen) atoms. The zero-order chi connectivity index (χ0) is 81.3. The number of aliphatic carboxylic acids is 1. The highest BCUT2D eigenvalue weighted by Crippen LogP contribution is 2.40. The molecular weight excluding hydrogens is 1440 g/mol. The van der Waals surface area contributed by atoms with Gasteiger partial charge in [-0.25, -0.2) is 17.6 Å². The molecule has 0 spiro atoms. The van der Waals surface area contributed by atoms with Crippen molar-refractivity contribution < 1.29 is 98.3 Å². The lowest BCUT2D eigenvalue weighted by atomic mass is 9.78. The second-order valence-corrected chi connectivity index (χ2v) is 32.6. The Labute approximate surface area is 645 Å². The second kappa shape index (κ2) is 32.9. The predicted octanol–water partition coefficient (Wildman–Crippen LogP) is 8.68. The number of carboxylic acids is 1. The third-order valence-electron chi connectivity index (χ3n) is 22.2. The summed E-state index contributed by atoms with van der Waals surface area (Å²) in [5.74, 6) is -9.71. The van der Waals surface area contributed by atoms with Crippen molar-refractivity contribution in [3.63, 3.8) is 0 Å². The van der Waals surface area contributed by atoms with E-state index in [1.807, 2.05) is 111 Å². The third kappa shape index (κ3) is 19.5. The van der Waals surface area contributed by atoms with Crippen molar-refractivity contribution >= 4 is 97.5 Å². The first-order chi connectivity index (χ1) is 51.7. The molecule has 0 bridgehead atoms. The van der Waals surface area contributed by atoms with E-state index in [9.17, 15) is 43.5 Å². The van der Waals surface area contributed by atoms with Gasteiger partial charge in [-0.3, -0.25) is 38.4 Å². The van der Waals surface area contributed by atoms with E-state index in [1.165, 1.54) is 72.8 Å². The van der Waals surface area contributed by atoms with Crippen molar-refractivity contribution in [1.29, 1.82) is 0 Å². The van der Waals surface area contributed by atoms with Gasteiger partial charge in [0.1, 0.15) is 23.3 Å². The van der Waals surface area contributed by atoms with Gasteiger partial charge in [0.05, 0.1) is 73.1 Å². The summed E-state index contributed by atoms with van der Waals surface area (Å²) in [6.45, 7) is 28.6. The van der Waals surface area contributed by atoms with E-state index >= 15 is 17.6 Å². The molecule has 4 saturated heterocycles. The zero-order valence-corrected chi connectivity index (χ0v) is 65.5. The minimum Gasteiger partial charge on any atom is -0.481 e. The summed E-state index contributed by atoms with van der Waals surface area (Å²) >= 11 is 0. The van der Waals surface area contributed by atoms with Crippen molar-refractivity contribution in [3.05, 3.63) is 188 Å². The quantitative estimate of drug-likeness (QED) is 0.0131. The largest absolute Gasteiger partial charge is 0.494 e. The number of unbranched alkanes of at least 4 members (excludes halogenated alkanes) is 1. The summed E-state index contributed by atoms with van der Waals surface area (Å²) in [5.41, 5.74) is -4.24. The van der Waals surface area contributed by atoms with E-state index in [4.69, 9.17) is 37.2 Å². The molecule has 588 valence electrons. The fourth-order valence-electron chi connectivity index (χ4n) is 12.6. The first-order valence-electron chi connectivity index (χ1n) is 37.1. The lowest BCUT2D eigenvalue weighted by molar-refractivity contribution is -0.137. The SMILES string of the molecule is CC1(C)OB(c2ccc(C(=O)NCc3cc(CNC(=O)c4ccc(B5OC(C)(C)C(C)(C)O5)cc4F)cc(C(=O)NCCCC[C@H](NC(=O)c4cc(CNC(=O)c5ccc(B6OC(C)(C)C(C)(C)O6)cc5F)cc(CNC(=O)c5ccc(B6OC(C)(C)C(C)(C)O6)cc5F)c4)C(=O)CCCC(=O)O)c3)c(F)c2)OC1(C)C. The fraction of sp³-hybridized carbons (Fsp3) is 0.450. The highest BCUT2D eigenvalue weighted by atomic mass is 19.1. The highest BCUT2D eigenvalue weighted by Gasteiger charge is 2.55. The first-order valence-corrected chi connectivity index (χ1v) is 37.1. The molecule has 4 aliphatic rings. The van der Waals surface area contributed by atoms with Gasteiger partial charge < -0.3 is 74.2 Å². The molecule has 0 unspecified atom stereocenters. The van der Waals surface area contributed by atoms with Crippen LogP contribution in [0.2, 0.25) is 0 Å². The molecule has 0 radical (unpaired) electrons. The molecule has 4 fully saturated rings. The molecule has 31 heteroatoms. The molecule has 6 amide bonds. The molecule has 4 aliphatic heterocycles. The number of Topliss-reactive ketones (excluding diaryl/α,β-unsaturated/α-hetero) is 1. The maximum absolute atomic E-state index is 15.9. The topological polar surface area (TPSA) is 303 Å². The number of carbonyl (C=O) groups is 8. The summed E-state index contributed by atoms with van der Waals surface area (Å²) in [6.07, 6.45) is -0.237. The molecular formula is C80H96B4F4N6O17. The molecule has 0 aliphatic carbocycles. The summed E-state index contributed by atoms with van der Waals surface area (Å²) < 4.78 is 112. The Balaban J connectivity index is 0.834. The number of hydrogen-bond donors (Lipinski definition) is 7. The van der Waals surface area contributed by atoms with Gasteiger partial charge >= 0.3 is 34.4 Å². The van der Waals surface area contributed by atoms with Gasteiger partial charge in [-0.1, -0.05) is 36.4 Å². The van der Waals surface area contributed by atoms with Crippen molar-refractivity contribution in [1.82, 2.24) is 31.9 Å². The van der Waals surface area contributed by atoms with Crippen molar-refractivity contribution in [2.45, 2.75) is 226 Å². The minimum atomic E-state index is -1.22. The Morgan fingerprint density at radius 1 is 0.342 bits per heavy atom. The van der Waals surface area contributed by atoms with Crippen molar-refractivity contribution in [3.8, 4) is 0 Å². The predicted molar refractivity (Wildman–Crippen MR) is 410 cm³/mol. The van der Waals surface area contributed by atoms with Crippen LogP contribution in [0.3, 0.4) is 0 Å². The van der Waals surface area contributed by atoms with E-state index in [-0.39, 0.29) is 116 Å². The van der Waals surface area contributed by atoms with Crippen LogP contribution < -0.4 is 53.8 Å². The molecule has 1 atom stereocenters. The molecule has 4 heterocycles. The van der Waals surface area contributed by atoms with Crippen LogP contribution in [-0.4, -0.2) is 138 Å². The van der Waals surface area contributed by atoms with Crippen molar-refractivity contribution in [2.75, 3.05) is 6.54 Å². The Bertz CT molecular complexity index is 4310. The van der Waals surface area contributed by atoms with Crippen LogP contribution in [-0.2, 0) is 73.0 Å². The van der Waals surface area contributed by atoms with Gasteiger partial charge in [-0.15, -0.1) is 0 Å². The van der Waals surface area contributed by atoms with E-state index in [0.29, 0.717) is 33.0 Å². The van der Waals surface area contributed by atoms with Crippen LogP contribution in [0.5, 0.6) is 0 Å². The van der Waals surface area contributed by atoms with Gasteiger partial charge in [-0.2, -0.15) is 0 Å². The lowest BCUT2D eigenvalue weighted by Crippen LogP contribution is -2.41. The van der Waals surface area contributed by atoms with Crippen LogP contribution >= 0.6 is 0 Å². The third-order valence-corrected chi connectivity index (χ3v) is 22.2. The van der Waals surface area contributed by atoms with Crippen LogP contribution in [0, 0.1) is 23.3 Å². The molecule has 0 saturated carbocycles. The number of benzene rings is 6. The number of halogens is 4. The Morgan fingerprint density at radius 2 is 0.613 bits per heavy atom. The van der Waals surface area contributed by atoms with Crippen LogP contribution in [0.25, 0.3) is 0 Å². The average molecular weight is 1530 g/mol. The fourth-order valence-corrected chi connectivity index (χ4v) is 12.6. The van der Waals surface area contributed by atoms with Gasteiger partial charge in [0.15, 0.2) is 5.78 Å². The molecule has 0 aromatic heterocycles. The smallest absolute Gasteiger partial charge is 0.481 e. The normalized spacial score (nSPS) is 18.3. The van der Waals surface area contributed by atoms with E-state index in [2.05, 4.69) is 31.9 Å². The van der Waals surface area contributed by atoms with Gasteiger partial charge in [0, 0.05) is 56.7 Å². The van der Waals surface area contributed by atoms with Crippen LogP contribution in [0.15, 0.2) is 109 Å². The standard InChI is InChI=1S/C80H96B4F4N6O17/c1-73(2)74(3,4)105-81(104-73)52-23-27-56(60(85)38-52)69(100)90-42-46-32-47(43-91-70(101)57-28-24-53(39-61(57)86)82-106-75(5,6)76(7,8)107-82)35-50(34-46)67(98)89-31-18-17-20-64(65(95)21-19-22-66(96)97)94-68(99)51-36-48(44-92-71(102)58-29-25-54(40-62(58)87)83-108-77(9,10)78(11,12)109-83)33-49(37-51)45-93-72(103)59-30-26-55(41-63(59)88)84-110-79(13,14)80(15,16)111-84/h23-30,32-41,64H,17-22,31,42-45H2,1-16H3,(H,89,98)(H,90,100)(H,91,101)(H,92,102)(H,93,103)(H,94,99)(H,96,97)/t64-/m0/s1. The summed E-state index contributed by atoms with van der Waals surface area (Å²) in [5, 5.41) is 25.9. The monoisotopic (exact) mass is 1530 g/mol. The molecule has 10 rings (SSSR count). The lowest BCUT2D eigenvalue weighted by Gasteiger charge is -2.32. The van der Waals surface area contributed by atoms with Crippen LogP contribution in [0.4, 0.5) is 17.6 Å². The first kappa shape index (κ1) is 84.4. The van der Waals surface area contributed by atoms with E-state index < -0.39 is 150 Å².